The van der Waals surface area contributed by atoms with Gasteiger partial charge in [-0.1, -0.05) is 18.2 Å². The molecule has 0 aliphatic carbocycles. The van der Waals surface area contributed by atoms with E-state index in [0.29, 0.717) is 37.8 Å². The number of aromatic amines is 1. The molecule has 0 saturated carbocycles. The number of furan rings is 1. The molecule has 0 aliphatic rings. The van der Waals surface area contributed by atoms with E-state index in [9.17, 15) is 10.1 Å². The van der Waals surface area contributed by atoms with Crippen LogP contribution in [-0.4, -0.2) is 48.9 Å². The molecule has 1 aromatic carbocycles. The van der Waals surface area contributed by atoms with Gasteiger partial charge in [-0.05, 0) is 24.1 Å². The Balaban J connectivity index is 1.50. The van der Waals surface area contributed by atoms with Gasteiger partial charge in [0.05, 0.1) is 19.8 Å². The molecule has 3 rings (SSSR count). The normalized spacial score (nSPS) is 11.4. The van der Waals surface area contributed by atoms with Gasteiger partial charge in [0.1, 0.15) is 17.4 Å². The number of aliphatic hydroxyl groups excluding tert-OH is 1. The summed E-state index contributed by atoms with van der Waals surface area (Å²) in [6.07, 6.45) is 4.00. The summed E-state index contributed by atoms with van der Waals surface area (Å²) in [5, 5.41) is 24.9. The first-order valence-corrected chi connectivity index (χ1v) is 9.68. The van der Waals surface area contributed by atoms with E-state index in [1.165, 1.54) is 6.08 Å². The number of ether oxygens (including phenoxy) is 1. The standard InChI is InChI=1S/C22H24N4O4/c23-14-17(13-18-5-6-21(30-18)24-9-11-29-12-10-27)22(28)25-8-7-16-15-26-20-4-2-1-3-19(16)20/h1-6,13,15,24,26-27H,7-12H2,(H,25,28)/b17-13+. The van der Waals surface area contributed by atoms with Crippen LogP contribution in [0, 0.1) is 11.3 Å². The number of hydrogen-bond donors (Lipinski definition) is 4. The van der Waals surface area contributed by atoms with Crippen molar-refractivity contribution in [1.82, 2.24) is 10.3 Å². The van der Waals surface area contributed by atoms with E-state index in [-0.39, 0.29) is 18.8 Å². The van der Waals surface area contributed by atoms with Crippen LogP contribution in [0.4, 0.5) is 5.88 Å². The highest BCUT2D eigenvalue weighted by Crippen LogP contribution is 2.18. The zero-order valence-electron chi connectivity index (χ0n) is 16.5. The fourth-order valence-electron chi connectivity index (χ4n) is 2.97. The number of nitrogens with one attached hydrogen (secondary N) is 3. The van der Waals surface area contributed by atoms with Crippen LogP contribution in [-0.2, 0) is 16.0 Å². The number of amides is 1. The Morgan fingerprint density at radius 3 is 2.93 bits per heavy atom. The highest BCUT2D eigenvalue weighted by atomic mass is 16.5. The predicted molar refractivity (Wildman–Crippen MR) is 114 cm³/mol. The van der Waals surface area contributed by atoms with Crippen LogP contribution >= 0.6 is 0 Å². The average molecular weight is 408 g/mol. The van der Waals surface area contributed by atoms with E-state index in [4.69, 9.17) is 14.3 Å². The van der Waals surface area contributed by atoms with Crippen LogP contribution in [0.1, 0.15) is 11.3 Å². The Hall–Kier alpha value is -3.54. The maximum atomic E-state index is 12.3. The van der Waals surface area contributed by atoms with Gasteiger partial charge in [0.25, 0.3) is 5.91 Å². The van der Waals surface area contributed by atoms with E-state index in [1.54, 1.807) is 12.1 Å². The molecule has 0 unspecified atom stereocenters. The van der Waals surface area contributed by atoms with Gasteiger partial charge in [0.15, 0.2) is 5.88 Å². The number of fused-ring (bicyclic) bond motifs is 1. The Morgan fingerprint density at radius 1 is 1.23 bits per heavy atom. The highest BCUT2D eigenvalue weighted by Gasteiger charge is 2.11. The van der Waals surface area contributed by atoms with Crippen LogP contribution < -0.4 is 10.6 Å². The van der Waals surface area contributed by atoms with Gasteiger partial charge in [-0.25, -0.2) is 0 Å². The van der Waals surface area contributed by atoms with Crippen LogP contribution in [0.5, 0.6) is 0 Å². The summed E-state index contributed by atoms with van der Waals surface area (Å²) >= 11 is 0. The van der Waals surface area contributed by atoms with Gasteiger partial charge in [0, 0.05) is 42.3 Å². The minimum absolute atomic E-state index is 0.0174. The third-order valence-electron chi connectivity index (χ3n) is 4.41. The van der Waals surface area contributed by atoms with Crippen molar-refractivity contribution in [2.24, 2.45) is 0 Å². The first-order chi connectivity index (χ1) is 14.7. The molecule has 0 radical (unpaired) electrons. The summed E-state index contributed by atoms with van der Waals surface area (Å²) in [6.45, 7) is 1.62. The zero-order valence-corrected chi connectivity index (χ0v) is 16.5. The smallest absolute Gasteiger partial charge is 0.262 e. The monoisotopic (exact) mass is 408 g/mol. The van der Waals surface area contributed by atoms with Gasteiger partial charge in [-0.2, -0.15) is 5.26 Å². The summed E-state index contributed by atoms with van der Waals surface area (Å²) in [6, 6.07) is 13.3. The van der Waals surface area contributed by atoms with Crippen LogP contribution in [0.2, 0.25) is 0 Å². The van der Waals surface area contributed by atoms with Gasteiger partial charge < -0.3 is 29.9 Å². The second-order valence-electron chi connectivity index (χ2n) is 6.50. The quantitative estimate of drug-likeness (QED) is 0.220. The summed E-state index contributed by atoms with van der Waals surface area (Å²) in [5.41, 5.74) is 2.14. The van der Waals surface area contributed by atoms with Crippen molar-refractivity contribution in [3.8, 4) is 6.07 Å². The molecule has 0 aliphatic heterocycles. The lowest BCUT2D eigenvalue weighted by atomic mass is 10.1. The number of nitriles is 1. The average Bonchev–Trinajstić information content (AvgIpc) is 3.39. The number of para-hydroxylation sites is 1. The van der Waals surface area contributed by atoms with Crippen molar-refractivity contribution in [2.75, 3.05) is 38.2 Å². The second-order valence-corrected chi connectivity index (χ2v) is 6.50. The van der Waals surface area contributed by atoms with Crippen molar-refractivity contribution in [3.05, 3.63) is 59.5 Å². The fraction of sp³-hybridized carbons (Fsp3) is 0.273. The number of hydrogen-bond acceptors (Lipinski definition) is 6. The molecule has 30 heavy (non-hydrogen) atoms. The first kappa shape index (κ1) is 21.2. The Morgan fingerprint density at radius 2 is 2.10 bits per heavy atom. The van der Waals surface area contributed by atoms with Gasteiger partial charge in [-0.3, -0.25) is 4.79 Å². The number of anilines is 1. The molecule has 0 spiro atoms. The number of nitrogens with zero attached hydrogens (tertiary/aromatic N) is 1. The Kier molecular flexibility index (Phi) is 7.66. The number of carbonyl (C=O) groups is 1. The largest absolute Gasteiger partial charge is 0.441 e. The van der Waals surface area contributed by atoms with Crippen molar-refractivity contribution >= 4 is 28.8 Å². The molecule has 0 saturated heterocycles. The van der Waals surface area contributed by atoms with Gasteiger partial charge in [-0.15, -0.1) is 0 Å². The molecule has 8 nitrogen and oxygen atoms in total. The molecule has 0 fully saturated rings. The molecular formula is C22H24N4O4. The Bertz CT molecular complexity index is 1040. The number of aliphatic hydroxyl groups is 1. The van der Waals surface area contributed by atoms with E-state index in [1.807, 2.05) is 36.5 Å². The van der Waals surface area contributed by atoms with Gasteiger partial charge >= 0.3 is 0 Å². The van der Waals surface area contributed by atoms with Crippen LogP contribution in [0.3, 0.4) is 0 Å². The van der Waals surface area contributed by atoms with Crippen molar-refractivity contribution < 1.29 is 19.1 Å². The molecule has 156 valence electrons. The van der Waals surface area contributed by atoms with E-state index in [0.717, 1.165) is 16.5 Å². The summed E-state index contributed by atoms with van der Waals surface area (Å²) in [5.74, 6) is 0.462. The number of H-pyrrole nitrogens is 1. The SMILES string of the molecule is N#C/C(=C\c1ccc(NCCOCCO)o1)C(=O)NCCc1c[nH]c2ccccc12. The summed E-state index contributed by atoms with van der Waals surface area (Å²) < 4.78 is 10.7. The summed E-state index contributed by atoms with van der Waals surface area (Å²) in [7, 11) is 0. The third-order valence-corrected chi connectivity index (χ3v) is 4.41. The molecular weight excluding hydrogens is 384 g/mol. The number of carbonyl (C=O) groups excluding carboxylic acids is 1. The lowest BCUT2D eigenvalue weighted by Gasteiger charge is -2.04. The molecule has 1 amide bonds. The van der Waals surface area contributed by atoms with Gasteiger partial charge in [0.2, 0.25) is 0 Å². The van der Waals surface area contributed by atoms with Crippen molar-refractivity contribution in [2.45, 2.75) is 6.42 Å². The van der Waals surface area contributed by atoms with Crippen LogP contribution in [0.25, 0.3) is 17.0 Å². The zero-order chi connectivity index (χ0) is 21.2. The first-order valence-electron chi connectivity index (χ1n) is 9.68. The molecule has 8 heteroatoms. The van der Waals surface area contributed by atoms with Crippen molar-refractivity contribution in [3.63, 3.8) is 0 Å². The van der Waals surface area contributed by atoms with E-state index >= 15 is 0 Å². The molecule has 0 atom stereocenters. The number of benzene rings is 1. The predicted octanol–water partition coefficient (Wildman–Crippen LogP) is 2.45. The molecule has 2 heterocycles. The van der Waals surface area contributed by atoms with Crippen LogP contribution in [0.15, 0.2) is 52.6 Å². The molecule has 0 bridgehead atoms. The van der Waals surface area contributed by atoms with Crippen molar-refractivity contribution in [1.29, 1.82) is 5.26 Å². The lowest BCUT2D eigenvalue weighted by Crippen LogP contribution is -2.26. The number of rotatable bonds is 11. The third kappa shape index (κ3) is 5.73. The maximum absolute atomic E-state index is 12.3. The topological polar surface area (TPSA) is 123 Å². The fourth-order valence-corrected chi connectivity index (χ4v) is 2.97. The lowest BCUT2D eigenvalue weighted by molar-refractivity contribution is -0.117. The minimum Gasteiger partial charge on any atom is -0.441 e. The summed E-state index contributed by atoms with van der Waals surface area (Å²) in [4.78, 5) is 15.6. The highest BCUT2D eigenvalue weighted by molar-refractivity contribution is 6.01. The van der Waals surface area contributed by atoms with E-state index in [2.05, 4.69) is 15.6 Å². The Labute approximate surface area is 174 Å². The van der Waals surface area contributed by atoms with E-state index < -0.39 is 5.91 Å². The maximum Gasteiger partial charge on any atom is 0.262 e. The molecule has 2 aromatic heterocycles. The second kappa shape index (κ2) is 10.9. The molecule has 4 N–H and O–H groups in total. The number of aromatic nitrogens is 1. The molecule has 3 aromatic rings. The minimum atomic E-state index is -0.444.